The first-order valence-electron chi connectivity index (χ1n) is 10.3. The van der Waals surface area contributed by atoms with Crippen LogP contribution >= 0.6 is 0 Å². The van der Waals surface area contributed by atoms with Crippen LogP contribution < -0.4 is 5.32 Å². The highest BCUT2D eigenvalue weighted by molar-refractivity contribution is 5.96. The SMILES string of the molecule is COC(=O)c1cc(C2CC2)cnc1Nc1ccc2c(ccn2Cc2cccc(F)c2)c1. The van der Waals surface area contributed by atoms with E-state index in [-0.39, 0.29) is 5.82 Å². The topological polar surface area (TPSA) is 56.1 Å². The number of fused-ring (bicyclic) bond motifs is 1. The summed E-state index contributed by atoms with van der Waals surface area (Å²) in [4.78, 5) is 16.8. The van der Waals surface area contributed by atoms with E-state index in [1.54, 1.807) is 12.1 Å². The molecule has 0 saturated heterocycles. The monoisotopic (exact) mass is 415 g/mol. The summed E-state index contributed by atoms with van der Waals surface area (Å²) in [5.41, 5.74) is 4.29. The lowest BCUT2D eigenvalue weighted by Gasteiger charge is -2.12. The Morgan fingerprint density at radius 2 is 2.06 bits per heavy atom. The summed E-state index contributed by atoms with van der Waals surface area (Å²) in [6.07, 6.45) is 6.10. The van der Waals surface area contributed by atoms with Gasteiger partial charge in [0.2, 0.25) is 0 Å². The van der Waals surface area contributed by atoms with Crippen LogP contribution in [0, 0.1) is 5.82 Å². The van der Waals surface area contributed by atoms with Crippen LogP contribution in [-0.2, 0) is 11.3 Å². The average Bonchev–Trinajstić information content (AvgIpc) is 3.56. The van der Waals surface area contributed by atoms with Gasteiger partial charge >= 0.3 is 5.97 Å². The molecular weight excluding hydrogens is 393 g/mol. The van der Waals surface area contributed by atoms with Crippen LogP contribution in [0.15, 0.2) is 67.0 Å². The number of pyridine rings is 1. The lowest BCUT2D eigenvalue weighted by Crippen LogP contribution is -2.08. The highest BCUT2D eigenvalue weighted by Crippen LogP contribution is 2.40. The highest BCUT2D eigenvalue weighted by Gasteiger charge is 2.26. The van der Waals surface area contributed by atoms with Gasteiger partial charge in [0, 0.05) is 35.5 Å². The fourth-order valence-electron chi connectivity index (χ4n) is 3.87. The number of methoxy groups -OCH3 is 1. The van der Waals surface area contributed by atoms with Crippen molar-refractivity contribution in [2.75, 3.05) is 12.4 Å². The lowest BCUT2D eigenvalue weighted by atomic mass is 10.1. The predicted molar refractivity (Wildman–Crippen MR) is 118 cm³/mol. The van der Waals surface area contributed by atoms with Crippen molar-refractivity contribution >= 4 is 28.4 Å². The van der Waals surface area contributed by atoms with E-state index in [2.05, 4.69) is 14.9 Å². The minimum absolute atomic E-state index is 0.234. The number of nitrogens with one attached hydrogen (secondary N) is 1. The molecule has 31 heavy (non-hydrogen) atoms. The van der Waals surface area contributed by atoms with Gasteiger partial charge in [-0.05, 0) is 72.4 Å². The first-order chi connectivity index (χ1) is 15.1. The van der Waals surface area contributed by atoms with Crippen LogP contribution in [-0.4, -0.2) is 22.6 Å². The minimum Gasteiger partial charge on any atom is -0.465 e. The summed E-state index contributed by atoms with van der Waals surface area (Å²) in [5, 5.41) is 4.30. The standard InChI is InChI=1S/C25H22FN3O2/c1-31-25(30)22-13-19(17-5-6-17)14-27-24(22)28-21-7-8-23-18(12-21)9-10-29(23)15-16-3-2-4-20(26)11-16/h2-4,7-14,17H,5-6,15H2,1H3,(H,27,28). The maximum Gasteiger partial charge on any atom is 0.341 e. The predicted octanol–water partition coefficient (Wildman–Crippen LogP) is 5.63. The van der Waals surface area contributed by atoms with Gasteiger partial charge < -0.3 is 14.6 Å². The van der Waals surface area contributed by atoms with Crippen molar-refractivity contribution in [1.29, 1.82) is 0 Å². The highest BCUT2D eigenvalue weighted by atomic mass is 19.1. The number of esters is 1. The zero-order chi connectivity index (χ0) is 21.4. The quantitative estimate of drug-likeness (QED) is 0.415. The number of rotatable bonds is 6. The van der Waals surface area contributed by atoms with Crippen molar-refractivity contribution in [3.05, 3.63) is 89.5 Å². The fourth-order valence-corrected chi connectivity index (χ4v) is 3.87. The van der Waals surface area contributed by atoms with Gasteiger partial charge in [0.05, 0.1) is 7.11 Å². The molecule has 0 bridgehead atoms. The summed E-state index contributed by atoms with van der Waals surface area (Å²) in [5.74, 6) is 0.343. The Bertz CT molecular complexity index is 1280. The molecule has 0 unspecified atom stereocenters. The van der Waals surface area contributed by atoms with Gasteiger partial charge in [0.1, 0.15) is 17.2 Å². The Morgan fingerprint density at radius 1 is 1.19 bits per heavy atom. The molecule has 5 rings (SSSR count). The third-order valence-electron chi connectivity index (χ3n) is 5.64. The number of hydrogen-bond donors (Lipinski definition) is 1. The van der Waals surface area contributed by atoms with Crippen LogP contribution in [0.1, 0.15) is 40.2 Å². The second kappa shape index (κ2) is 7.87. The Balaban J connectivity index is 1.42. The normalized spacial score (nSPS) is 13.4. The Labute approximate surface area is 179 Å². The van der Waals surface area contributed by atoms with Crippen LogP contribution in [0.4, 0.5) is 15.9 Å². The maximum atomic E-state index is 13.5. The van der Waals surface area contributed by atoms with E-state index in [1.165, 1.54) is 13.2 Å². The molecular formula is C25H22FN3O2. The number of halogens is 1. The molecule has 2 heterocycles. The number of anilines is 2. The van der Waals surface area contributed by atoms with Crippen LogP contribution in [0.5, 0.6) is 0 Å². The molecule has 6 heteroatoms. The van der Waals surface area contributed by atoms with Gasteiger partial charge in [-0.2, -0.15) is 0 Å². The summed E-state index contributed by atoms with van der Waals surface area (Å²) < 4.78 is 20.5. The van der Waals surface area contributed by atoms with Crippen molar-refractivity contribution in [2.45, 2.75) is 25.3 Å². The number of benzene rings is 2. The molecule has 1 aliphatic carbocycles. The molecule has 1 saturated carbocycles. The Hall–Kier alpha value is -3.67. The second-order valence-corrected chi connectivity index (χ2v) is 7.90. The van der Waals surface area contributed by atoms with Gasteiger partial charge in [-0.15, -0.1) is 0 Å². The third-order valence-corrected chi connectivity index (χ3v) is 5.64. The maximum absolute atomic E-state index is 13.5. The second-order valence-electron chi connectivity index (χ2n) is 7.90. The molecule has 156 valence electrons. The van der Waals surface area contributed by atoms with E-state index in [0.29, 0.717) is 23.8 Å². The van der Waals surface area contributed by atoms with E-state index < -0.39 is 5.97 Å². The van der Waals surface area contributed by atoms with Crippen molar-refractivity contribution in [1.82, 2.24) is 9.55 Å². The zero-order valence-corrected chi connectivity index (χ0v) is 17.1. The molecule has 1 N–H and O–H groups in total. The lowest BCUT2D eigenvalue weighted by molar-refractivity contribution is 0.0601. The van der Waals surface area contributed by atoms with Crippen molar-refractivity contribution in [3.63, 3.8) is 0 Å². The van der Waals surface area contributed by atoms with E-state index in [1.807, 2.05) is 48.8 Å². The smallest absolute Gasteiger partial charge is 0.341 e. The molecule has 0 radical (unpaired) electrons. The van der Waals surface area contributed by atoms with Gasteiger partial charge in [0.25, 0.3) is 0 Å². The van der Waals surface area contributed by atoms with E-state index in [4.69, 9.17) is 4.74 Å². The molecule has 0 amide bonds. The molecule has 0 spiro atoms. The molecule has 4 aromatic rings. The fraction of sp³-hybridized carbons (Fsp3) is 0.200. The van der Waals surface area contributed by atoms with Gasteiger partial charge in [-0.25, -0.2) is 14.2 Å². The van der Waals surface area contributed by atoms with Gasteiger partial charge in [0.15, 0.2) is 0 Å². The number of hydrogen-bond acceptors (Lipinski definition) is 4. The summed E-state index contributed by atoms with van der Waals surface area (Å²) in [7, 11) is 1.38. The Kier molecular flexibility index (Phi) is 4.90. The van der Waals surface area contributed by atoms with E-state index >= 15 is 0 Å². The largest absolute Gasteiger partial charge is 0.465 e. The zero-order valence-electron chi connectivity index (χ0n) is 17.1. The number of carbonyl (C=O) groups excluding carboxylic acids is 1. The van der Waals surface area contributed by atoms with Crippen molar-refractivity contribution < 1.29 is 13.9 Å². The molecule has 1 aliphatic rings. The Morgan fingerprint density at radius 3 is 2.84 bits per heavy atom. The van der Waals surface area contributed by atoms with Crippen molar-refractivity contribution in [2.24, 2.45) is 0 Å². The van der Waals surface area contributed by atoms with E-state index in [0.717, 1.165) is 40.6 Å². The van der Waals surface area contributed by atoms with Crippen LogP contribution in [0.25, 0.3) is 10.9 Å². The molecule has 2 aromatic heterocycles. The number of carbonyl (C=O) groups is 1. The van der Waals surface area contributed by atoms with Crippen LogP contribution in [0.2, 0.25) is 0 Å². The average molecular weight is 415 g/mol. The van der Waals surface area contributed by atoms with Crippen molar-refractivity contribution in [3.8, 4) is 0 Å². The van der Waals surface area contributed by atoms with Gasteiger partial charge in [-0.1, -0.05) is 12.1 Å². The first-order valence-corrected chi connectivity index (χ1v) is 10.3. The molecule has 5 nitrogen and oxygen atoms in total. The summed E-state index contributed by atoms with van der Waals surface area (Å²) >= 11 is 0. The third kappa shape index (κ3) is 4.01. The first kappa shape index (κ1) is 19.3. The molecule has 2 aromatic carbocycles. The molecule has 1 fully saturated rings. The number of aromatic nitrogens is 2. The summed E-state index contributed by atoms with van der Waals surface area (Å²) in [6.45, 7) is 0.588. The number of nitrogens with zero attached hydrogens (tertiary/aromatic N) is 2. The molecule has 0 aliphatic heterocycles. The number of ether oxygens (including phenoxy) is 1. The van der Waals surface area contributed by atoms with E-state index in [9.17, 15) is 9.18 Å². The summed E-state index contributed by atoms with van der Waals surface area (Å²) in [6, 6.07) is 16.5. The molecule has 0 atom stereocenters. The minimum atomic E-state index is -0.403. The van der Waals surface area contributed by atoms with Gasteiger partial charge in [-0.3, -0.25) is 0 Å². The van der Waals surface area contributed by atoms with Crippen LogP contribution in [0.3, 0.4) is 0 Å².